The van der Waals surface area contributed by atoms with Crippen LogP contribution in [0.1, 0.15) is 44.6 Å². The van der Waals surface area contributed by atoms with E-state index in [0.717, 1.165) is 38.0 Å². The number of carbonyl (C=O) groups is 1. The molecule has 1 saturated heterocycles. The van der Waals surface area contributed by atoms with E-state index in [1.165, 1.54) is 5.56 Å². The van der Waals surface area contributed by atoms with Crippen molar-refractivity contribution in [2.75, 3.05) is 18.0 Å². The van der Waals surface area contributed by atoms with E-state index in [9.17, 15) is 4.79 Å². The summed E-state index contributed by atoms with van der Waals surface area (Å²) in [4.78, 5) is 14.9. The highest BCUT2D eigenvalue weighted by molar-refractivity contribution is 5.96. The molecule has 0 bridgehead atoms. The van der Waals surface area contributed by atoms with Crippen LogP contribution in [-0.2, 0) is 4.79 Å². The molecular formula is C17H25ClN2O. The number of carbonyl (C=O) groups excluding carboxylic acids is 1. The van der Waals surface area contributed by atoms with Crippen molar-refractivity contribution in [2.24, 2.45) is 5.92 Å². The fourth-order valence-corrected chi connectivity index (χ4v) is 3.55. The highest BCUT2D eigenvalue weighted by Gasteiger charge is 2.32. The summed E-state index contributed by atoms with van der Waals surface area (Å²) in [7, 11) is 0. The Morgan fingerprint density at radius 1 is 1.24 bits per heavy atom. The van der Waals surface area contributed by atoms with Gasteiger partial charge in [0.2, 0.25) is 5.91 Å². The number of benzene rings is 1. The van der Waals surface area contributed by atoms with Crippen molar-refractivity contribution in [3.63, 3.8) is 0 Å². The first-order chi connectivity index (χ1) is 9.66. The number of fused-ring (bicyclic) bond motifs is 1. The molecule has 2 aliphatic rings. The van der Waals surface area contributed by atoms with Gasteiger partial charge in [-0.25, -0.2) is 0 Å². The molecule has 21 heavy (non-hydrogen) atoms. The first kappa shape index (κ1) is 16.3. The Bertz CT molecular complexity index is 505. The molecule has 3 nitrogen and oxygen atoms in total. The molecule has 1 fully saturated rings. The maximum Gasteiger partial charge on any atom is 0.230 e. The summed E-state index contributed by atoms with van der Waals surface area (Å²) in [5.74, 6) is 1.08. The van der Waals surface area contributed by atoms with E-state index >= 15 is 0 Å². The number of anilines is 1. The van der Waals surface area contributed by atoms with Gasteiger partial charge in [-0.15, -0.1) is 12.4 Å². The molecule has 116 valence electrons. The number of hydrogen-bond donors (Lipinski definition) is 1. The topological polar surface area (TPSA) is 32.3 Å². The fourth-order valence-electron chi connectivity index (χ4n) is 3.55. The summed E-state index contributed by atoms with van der Waals surface area (Å²) in [6.07, 6.45) is 3.01. The van der Waals surface area contributed by atoms with Crippen LogP contribution in [0, 0.1) is 5.92 Å². The Kier molecular flexibility index (Phi) is 5.28. The minimum atomic E-state index is 0. The lowest BCUT2D eigenvalue weighted by molar-refractivity contribution is -0.123. The Balaban J connectivity index is 0.00000161. The van der Waals surface area contributed by atoms with Gasteiger partial charge < -0.3 is 10.2 Å². The predicted molar refractivity (Wildman–Crippen MR) is 89.3 cm³/mol. The quantitative estimate of drug-likeness (QED) is 0.863. The summed E-state index contributed by atoms with van der Waals surface area (Å²) in [5, 5.41) is 3.43. The Morgan fingerprint density at radius 3 is 2.76 bits per heavy atom. The molecular weight excluding hydrogens is 284 g/mol. The third kappa shape index (κ3) is 3.24. The average molecular weight is 309 g/mol. The first-order valence-electron chi connectivity index (χ1n) is 7.80. The van der Waals surface area contributed by atoms with E-state index in [-0.39, 0.29) is 18.3 Å². The number of nitrogens with zero attached hydrogens (tertiary/aromatic N) is 1. The van der Waals surface area contributed by atoms with Crippen LogP contribution in [0.15, 0.2) is 24.3 Å². The highest BCUT2D eigenvalue weighted by Crippen LogP contribution is 2.36. The normalized spacial score (nSPS) is 28.5. The lowest BCUT2D eigenvalue weighted by Crippen LogP contribution is -2.46. The van der Waals surface area contributed by atoms with Crippen LogP contribution in [0.3, 0.4) is 0 Å². The maximum atomic E-state index is 12.9. The molecule has 2 heterocycles. The summed E-state index contributed by atoms with van der Waals surface area (Å²) >= 11 is 0. The molecule has 0 aliphatic carbocycles. The SMILES string of the molecule is CC1CCN(C(=O)[C@H]2CCN[C@@H](C)C2)c2ccccc21.Cl. The van der Waals surface area contributed by atoms with E-state index in [2.05, 4.69) is 37.4 Å². The largest absolute Gasteiger partial charge is 0.314 e. The van der Waals surface area contributed by atoms with Crippen molar-refractivity contribution >= 4 is 24.0 Å². The van der Waals surface area contributed by atoms with Gasteiger partial charge >= 0.3 is 0 Å². The zero-order valence-electron chi connectivity index (χ0n) is 12.8. The second-order valence-corrected chi connectivity index (χ2v) is 6.31. The van der Waals surface area contributed by atoms with Crippen molar-refractivity contribution in [2.45, 2.75) is 45.1 Å². The Hall–Kier alpha value is -1.06. The predicted octanol–water partition coefficient (Wildman–Crippen LogP) is 3.34. The molecule has 3 rings (SSSR count). The summed E-state index contributed by atoms with van der Waals surface area (Å²) in [5.41, 5.74) is 2.47. The number of para-hydroxylation sites is 1. The van der Waals surface area contributed by atoms with E-state index in [0.29, 0.717) is 17.9 Å². The smallest absolute Gasteiger partial charge is 0.230 e. The number of piperidine rings is 1. The lowest BCUT2D eigenvalue weighted by Gasteiger charge is -2.37. The molecule has 1 unspecified atom stereocenters. The van der Waals surface area contributed by atoms with Crippen molar-refractivity contribution in [1.29, 1.82) is 0 Å². The number of amides is 1. The molecule has 1 aromatic carbocycles. The molecule has 0 radical (unpaired) electrons. The summed E-state index contributed by atoms with van der Waals surface area (Å²) in [6.45, 7) is 6.26. The van der Waals surface area contributed by atoms with Gasteiger partial charge in [0.05, 0.1) is 0 Å². The number of halogens is 1. The molecule has 1 amide bonds. The van der Waals surface area contributed by atoms with Gasteiger partial charge in [0.25, 0.3) is 0 Å². The molecule has 0 aromatic heterocycles. The van der Waals surface area contributed by atoms with Crippen LogP contribution in [0.25, 0.3) is 0 Å². The van der Waals surface area contributed by atoms with Gasteiger partial charge in [-0.05, 0) is 50.3 Å². The standard InChI is InChI=1S/C17H24N2O.ClH/c1-12-8-10-19(16-6-4-3-5-15(12)16)17(20)14-7-9-18-13(2)11-14;/h3-6,12-14,18H,7-11H2,1-2H3;1H/t12?,13-,14-;/m0./s1. The first-order valence-corrected chi connectivity index (χ1v) is 7.80. The Labute approximate surface area is 133 Å². The van der Waals surface area contributed by atoms with Gasteiger partial charge in [-0.1, -0.05) is 25.1 Å². The van der Waals surface area contributed by atoms with Gasteiger partial charge in [-0.3, -0.25) is 4.79 Å². The number of nitrogens with one attached hydrogen (secondary N) is 1. The van der Waals surface area contributed by atoms with Crippen LogP contribution in [-0.4, -0.2) is 25.0 Å². The van der Waals surface area contributed by atoms with E-state index in [1.54, 1.807) is 0 Å². The minimum Gasteiger partial charge on any atom is -0.314 e. The highest BCUT2D eigenvalue weighted by atomic mass is 35.5. The van der Waals surface area contributed by atoms with Gasteiger partial charge in [0.1, 0.15) is 0 Å². The lowest BCUT2D eigenvalue weighted by atomic mass is 9.88. The third-order valence-electron chi connectivity index (χ3n) is 4.78. The summed E-state index contributed by atoms with van der Waals surface area (Å²) in [6, 6.07) is 8.85. The van der Waals surface area contributed by atoms with Crippen molar-refractivity contribution in [1.82, 2.24) is 5.32 Å². The van der Waals surface area contributed by atoms with E-state index in [1.807, 2.05) is 11.0 Å². The molecule has 1 aromatic rings. The molecule has 2 aliphatic heterocycles. The number of rotatable bonds is 1. The van der Waals surface area contributed by atoms with Crippen molar-refractivity contribution in [3.05, 3.63) is 29.8 Å². The molecule has 1 N–H and O–H groups in total. The molecule has 4 heteroatoms. The van der Waals surface area contributed by atoms with Gasteiger partial charge in [-0.2, -0.15) is 0 Å². The zero-order valence-corrected chi connectivity index (χ0v) is 13.7. The molecule has 0 saturated carbocycles. The van der Waals surface area contributed by atoms with Gasteiger partial charge in [0, 0.05) is 24.2 Å². The zero-order chi connectivity index (χ0) is 14.1. The molecule has 0 spiro atoms. The summed E-state index contributed by atoms with van der Waals surface area (Å²) < 4.78 is 0. The second kappa shape index (κ2) is 6.80. The fraction of sp³-hybridized carbons (Fsp3) is 0.588. The maximum absolute atomic E-state index is 12.9. The van der Waals surface area contributed by atoms with Crippen LogP contribution < -0.4 is 10.2 Å². The van der Waals surface area contributed by atoms with Gasteiger partial charge in [0.15, 0.2) is 0 Å². The molecule has 3 atom stereocenters. The van der Waals surface area contributed by atoms with Crippen LogP contribution in [0.2, 0.25) is 0 Å². The van der Waals surface area contributed by atoms with E-state index < -0.39 is 0 Å². The monoisotopic (exact) mass is 308 g/mol. The van der Waals surface area contributed by atoms with Crippen LogP contribution in [0.5, 0.6) is 0 Å². The number of hydrogen-bond acceptors (Lipinski definition) is 2. The van der Waals surface area contributed by atoms with Crippen LogP contribution >= 0.6 is 12.4 Å². The van der Waals surface area contributed by atoms with E-state index in [4.69, 9.17) is 0 Å². The second-order valence-electron chi connectivity index (χ2n) is 6.31. The minimum absolute atomic E-state index is 0. The van der Waals surface area contributed by atoms with Crippen LogP contribution in [0.4, 0.5) is 5.69 Å². The van der Waals surface area contributed by atoms with Crippen molar-refractivity contribution < 1.29 is 4.79 Å². The van der Waals surface area contributed by atoms with Crippen molar-refractivity contribution in [3.8, 4) is 0 Å². The Morgan fingerprint density at radius 2 is 2.00 bits per heavy atom. The average Bonchev–Trinajstić information content (AvgIpc) is 2.47. The third-order valence-corrected chi connectivity index (χ3v) is 4.78.